The number of rotatable bonds is 5. The third kappa shape index (κ3) is 5.58. The van der Waals surface area contributed by atoms with Crippen molar-refractivity contribution in [3.8, 4) is 12.3 Å². The predicted octanol–water partition coefficient (Wildman–Crippen LogP) is 1.59. The van der Waals surface area contributed by atoms with Gasteiger partial charge in [0.15, 0.2) is 0 Å². The molecule has 0 aromatic heterocycles. The maximum absolute atomic E-state index is 11.7. The van der Waals surface area contributed by atoms with E-state index in [0.29, 0.717) is 6.42 Å². The van der Waals surface area contributed by atoms with Crippen LogP contribution in [-0.2, 0) is 4.79 Å². The first-order chi connectivity index (χ1) is 8.22. The molecule has 0 spiro atoms. The van der Waals surface area contributed by atoms with Crippen molar-refractivity contribution in [2.45, 2.75) is 52.6 Å². The third-order valence-corrected chi connectivity index (χ3v) is 2.47. The van der Waals surface area contributed by atoms with Crippen LogP contribution in [0.15, 0.2) is 0 Å². The van der Waals surface area contributed by atoms with Crippen molar-refractivity contribution in [1.29, 1.82) is 0 Å². The molecule has 0 aliphatic rings. The molecule has 0 heterocycles. The van der Waals surface area contributed by atoms with Crippen LogP contribution in [0.3, 0.4) is 0 Å². The van der Waals surface area contributed by atoms with Crippen molar-refractivity contribution < 1.29 is 14.7 Å². The Labute approximate surface area is 108 Å². The Morgan fingerprint density at radius 3 is 2.22 bits per heavy atom. The number of nitrogens with one attached hydrogen (secondary N) is 2. The summed E-state index contributed by atoms with van der Waals surface area (Å²) < 4.78 is 0. The number of amides is 2. The summed E-state index contributed by atoms with van der Waals surface area (Å²) in [4.78, 5) is 22.7. The van der Waals surface area contributed by atoms with Crippen LogP contribution in [0.25, 0.3) is 0 Å². The lowest BCUT2D eigenvalue weighted by Crippen LogP contribution is -2.53. The summed E-state index contributed by atoms with van der Waals surface area (Å²) in [6.45, 7) is 7.20. The van der Waals surface area contributed by atoms with E-state index >= 15 is 0 Å². The summed E-state index contributed by atoms with van der Waals surface area (Å²) in [5.41, 5.74) is -0.570. The van der Waals surface area contributed by atoms with Gasteiger partial charge in [-0.25, -0.2) is 9.59 Å². The normalized spacial score (nSPS) is 14.2. The molecule has 18 heavy (non-hydrogen) atoms. The molecular weight excluding hydrogens is 232 g/mol. The minimum Gasteiger partial charge on any atom is -0.480 e. The van der Waals surface area contributed by atoms with Crippen molar-refractivity contribution in [3.63, 3.8) is 0 Å². The number of carboxylic acids is 1. The van der Waals surface area contributed by atoms with Crippen LogP contribution in [-0.4, -0.2) is 29.2 Å². The SMILES string of the molecule is C#CC(CCC)NC(=O)N[C@H](C(=O)O)C(C)(C)C. The van der Waals surface area contributed by atoms with E-state index in [1.165, 1.54) is 0 Å². The van der Waals surface area contributed by atoms with E-state index < -0.39 is 23.5 Å². The van der Waals surface area contributed by atoms with Gasteiger partial charge in [-0.2, -0.15) is 0 Å². The van der Waals surface area contributed by atoms with Crippen molar-refractivity contribution in [1.82, 2.24) is 10.6 Å². The van der Waals surface area contributed by atoms with Crippen LogP contribution in [0.2, 0.25) is 0 Å². The van der Waals surface area contributed by atoms with Gasteiger partial charge in [0.1, 0.15) is 6.04 Å². The van der Waals surface area contributed by atoms with E-state index in [4.69, 9.17) is 11.5 Å². The van der Waals surface area contributed by atoms with Crippen LogP contribution in [0.5, 0.6) is 0 Å². The van der Waals surface area contributed by atoms with Gasteiger partial charge in [-0.15, -0.1) is 6.42 Å². The molecule has 0 aliphatic carbocycles. The molecule has 0 fully saturated rings. The molecule has 0 aromatic carbocycles. The highest BCUT2D eigenvalue weighted by Crippen LogP contribution is 2.19. The van der Waals surface area contributed by atoms with Gasteiger partial charge in [-0.1, -0.05) is 40.0 Å². The van der Waals surface area contributed by atoms with Crippen LogP contribution in [0.1, 0.15) is 40.5 Å². The Morgan fingerprint density at radius 2 is 1.89 bits per heavy atom. The van der Waals surface area contributed by atoms with Crippen LogP contribution < -0.4 is 10.6 Å². The number of carbonyl (C=O) groups excluding carboxylic acids is 1. The molecule has 0 rings (SSSR count). The summed E-state index contributed by atoms with van der Waals surface area (Å²) in [7, 11) is 0. The van der Waals surface area contributed by atoms with Crippen LogP contribution in [0, 0.1) is 17.8 Å². The Bertz CT molecular complexity index is 339. The van der Waals surface area contributed by atoms with Crippen molar-refractivity contribution in [2.75, 3.05) is 0 Å². The van der Waals surface area contributed by atoms with Gasteiger partial charge in [0.05, 0.1) is 6.04 Å². The fourth-order valence-electron chi connectivity index (χ4n) is 1.47. The molecule has 1 unspecified atom stereocenters. The average Bonchev–Trinajstić information content (AvgIpc) is 2.23. The Hall–Kier alpha value is -1.70. The summed E-state index contributed by atoms with van der Waals surface area (Å²) in [6, 6.07) is -1.88. The lowest BCUT2D eigenvalue weighted by atomic mass is 9.87. The minimum absolute atomic E-state index is 0.371. The number of carboxylic acid groups (broad SMARTS) is 1. The van der Waals surface area contributed by atoms with Crippen molar-refractivity contribution in [3.05, 3.63) is 0 Å². The van der Waals surface area contributed by atoms with Gasteiger partial charge in [-0.05, 0) is 11.8 Å². The number of urea groups is 1. The molecule has 0 radical (unpaired) electrons. The fourth-order valence-corrected chi connectivity index (χ4v) is 1.47. The molecule has 5 nitrogen and oxygen atoms in total. The number of aliphatic carboxylic acids is 1. The average molecular weight is 254 g/mol. The number of hydrogen-bond donors (Lipinski definition) is 3. The van der Waals surface area contributed by atoms with Gasteiger partial charge in [0.2, 0.25) is 0 Å². The summed E-state index contributed by atoms with van der Waals surface area (Å²) in [5, 5.41) is 14.1. The van der Waals surface area contributed by atoms with Gasteiger partial charge in [0, 0.05) is 0 Å². The van der Waals surface area contributed by atoms with E-state index in [-0.39, 0.29) is 6.04 Å². The second-order valence-corrected chi connectivity index (χ2v) is 5.26. The molecule has 0 bridgehead atoms. The monoisotopic (exact) mass is 254 g/mol. The van der Waals surface area contributed by atoms with E-state index in [9.17, 15) is 9.59 Å². The van der Waals surface area contributed by atoms with E-state index in [2.05, 4.69) is 16.6 Å². The highest BCUT2D eigenvalue weighted by Gasteiger charge is 2.32. The zero-order valence-corrected chi connectivity index (χ0v) is 11.4. The lowest BCUT2D eigenvalue weighted by Gasteiger charge is -2.28. The van der Waals surface area contributed by atoms with Gasteiger partial charge < -0.3 is 15.7 Å². The van der Waals surface area contributed by atoms with E-state index in [1.54, 1.807) is 20.8 Å². The maximum Gasteiger partial charge on any atom is 0.326 e. The molecule has 0 saturated heterocycles. The Morgan fingerprint density at radius 1 is 1.33 bits per heavy atom. The van der Waals surface area contributed by atoms with Crippen LogP contribution in [0.4, 0.5) is 4.79 Å². The molecule has 2 atom stereocenters. The minimum atomic E-state index is -1.06. The Balaban J connectivity index is 4.54. The molecule has 102 valence electrons. The maximum atomic E-state index is 11.7. The van der Waals surface area contributed by atoms with E-state index in [1.807, 2.05) is 6.92 Å². The summed E-state index contributed by atoms with van der Waals surface area (Å²) in [6.07, 6.45) is 6.78. The second kappa shape index (κ2) is 6.90. The lowest BCUT2D eigenvalue weighted by molar-refractivity contribution is -0.141. The number of terminal acetylenes is 1. The fraction of sp³-hybridized carbons (Fsp3) is 0.692. The van der Waals surface area contributed by atoms with Gasteiger partial charge >= 0.3 is 12.0 Å². The molecule has 2 amide bonds. The highest BCUT2D eigenvalue weighted by molar-refractivity contribution is 5.83. The van der Waals surface area contributed by atoms with Gasteiger partial charge in [0.25, 0.3) is 0 Å². The predicted molar refractivity (Wildman–Crippen MR) is 70.1 cm³/mol. The van der Waals surface area contributed by atoms with Gasteiger partial charge in [-0.3, -0.25) is 0 Å². The van der Waals surface area contributed by atoms with Crippen LogP contribution >= 0.6 is 0 Å². The quantitative estimate of drug-likeness (QED) is 0.652. The first kappa shape index (κ1) is 16.3. The smallest absolute Gasteiger partial charge is 0.326 e. The van der Waals surface area contributed by atoms with E-state index in [0.717, 1.165) is 6.42 Å². The largest absolute Gasteiger partial charge is 0.480 e. The van der Waals surface area contributed by atoms with Crippen molar-refractivity contribution in [2.24, 2.45) is 5.41 Å². The highest BCUT2D eigenvalue weighted by atomic mass is 16.4. The van der Waals surface area contributed by atoms with Crippen molar-refractivity contribution >= 4 is 12.0 Å². The zero-order valence-electron chi connectivity index (χ0n) is 11.4. The molecule has 0 aliphatic heterocycles. The summed E-state index contributed by atoms with van der Waals surface area (Å²) in [5.74, 6) is 1.39. The Kier molecular flexibility index (Phi) is 6.24. The summed E-state index contributed by atoms with van der Waals surface area (Å²) >= 11 is 0. The molecule has 5 heteroatoms. The molecular formula is C13H22N2O3. The zero-order chi connectivity index (χ0) is 14.3. The molecule has 3 N–H and O–H groups in total. The third-order valence-electron chi connectivity index (χ3n) is 2.47. The second-order valence-electron chi connectivity index (χ2n) is 5.26. The standard InChI is InChI=1S/C13H22N2O3/c1-6-8-9(7-2)14-12(18)15-10(11(16)17)13(3,4)5/h2,9-10H,6,8H2,1,3-5H3,(H,16,17)(H2,14,15,18)/t9?,10-/m1/s1. The molecule has 0 aromatic rings. The molecule has 0 saturated carbocycles. The first-order valence-electron chi connectivity index (χ1n) is 5.98. The topological polar surface area (TPSA) is 78.4 Å². The number of carbonyl (C=O) groups is 2. The first-order valence-corrected chi connectivity index (χ1v) is 5.98. The number of hydrogen-bond acceptors (Lipinski definition) is 2.